The molecule has 6 heteroatoms. The van der Waals surface area contributed by atoms with E-state index in [1.165, 1.54) is 0 Å². The van der Waals surface area contributed by atoms with Crippen LogP contribution in [0.25, 0.3) is 0 Å². The van der Waals surface area contributed by atoms with Crippen molar-refractivity contribution in [3.8, 4) is 11.5 Å². The van der Waals surface area contributed by atoms with Gasteiger partial charge in [-0.1, -0.05) is 54.6 Å². The van der Waals surface area contributed by atoms with E-state index < -0.39 is 0 Å². The van der Waals surface area contributed by atoms with E-state index in [4.69, 9.17) is 9.47 Å². The van der Waals surface area contributed by atoms with Crippen LogP contribution >= 0.6 is 0 Å². The number of ether oxygens (including phenoxy) is 2. The molecular formula is C23H23N3O3. The van der Waals surface area contributed by atoms with E-state index in [1.807, 2.05) is 78.9 Å². The molecule has 0 aromatic heterocycles. The van der Waals surface area contributed by atoms with Gasteiger partial charge < -0.3 is 14.8 Å². The standard InChI is InChI=1S/C23H23N3O3/c1-28-22-14-8-6-12-20(22)24-16-23(27)26-25-15-19-11-5-7-13-21(19)29-17-18-9-3-2-4-10-18/h2-15,24H,16-17H2,1H3,(H,26,27)/b25-15-. The van der Waals surface area contributed by atoms with E-state index in [-0.39, 0.29) is 12.5 Å². The summed E-state index contributed by atoms with van der Waals surface area (Å²) in [5.74, 6) is 1.10. The third-order valence-electron chi connectivity index (χ3n) is 4.10. The van der Waals surface area contributed by atoms with E-state index >= 15 is 0 Å². The van der Waals surface area contributed by atoms with Gasteiger partial charge in [-0.2, -0.15) is 5.10 Å². The Balaban J connectivity index is 1.52. The second-order valence-corrected chi connectivity index (χ2v) is 6.16. The molecule has 0 saturated carbocycles. The molecule has 0 fully saturated rings. The average Bonchev–Trinajstić information content (AvgIpc) is 2.78. The van der Waals surface area contributed by atoms with Gasteiger partial charge in [0.1, 0.15) is 18.1 Å². The number of benzene rings is 3. The number of anilines is 1. The van der Waals surface area contributed by atoms with Crippen molar-refractivity contribution in [1.29, 1.82) is 0 Å². The number of carbonyl (C=O) groups excluding carboxylic acids is 1. The van der Waals surface area contributed by atoms with Crippen molar-refractivity contribution >= 4 is 17.8 Å². The van der Waals surface area contributed by atoms with Crippen LogP contribution in [-0.4, -0.2) is 25.8 Å². The SMILES string of the molecule is COc1ccccc1NCC(=O)N/N=C\c1ccccc1OCc1ccccc1. The van der Waals surface area contributed by atoms with Gasteiger partial charge >= 0.3 is 0 Å². The third kappa shape index (κ3) is 6.10. The fraction of sp³-hybridized carbons (Fsp3) is 0.130. The molecule has 3 rings (SSSR count). The molecule has 0 saturated heterocycles. The summed E-state index contributed by atoms with van der Waals surface area (Å²) in [6.45, 7) is 0.532. The zero-order valence-electron chi connectivity index (χ0n) is 16.2. The van der Waals surface area contributed by atoms with Crippen LogP contribution in [0, 0.1) is 0 Å². The lowest BCUT2D eigenvalue weighted by atomic mass is 10.2. The van der Waals surface area contributed by atoms with Crippen molar-refractivity contribution < 1.29 is 14.3 Å². The van der Waals surface area contributed by atoms with Crippen LogP contribution < -0.4 is 20.2 Å². The molecule has 1 amide bonds. The summed E-state index contributed by atoms with van der Waals surface area (Å²) in [4.78, 5) is 12.0. The molecule has 148 valence electrons. The summed E-state index contributed by atoms with van der Waals surface area (Å²) < 4.78 is 11.1. The smallest absolute Gasteiger partial charge is 0.259 e. The van der Waals surface area contributed by atoms with Crippen molar-refractivity contribution in [3.05, 3.63) is 90.0 Å². The van der Waals surface area contributed by atoms with Gasteiger partial charge in [-0.15, -0.1) is 0 Å². The Morgan fingerprint density at radius 3 is 2.41 bits per heavy atom. The largest absolute Gasteiger partial charge is 0.495 e. The van der Waals surface area contributed by atoms with Crippen LogP contribution in [0.4, 0.5) is 5.69 Å². The van der Waals surface area contributed by atoms with Gasteiger partial charge in [0.25, 0.3) is 5.91 Å². The maximum absolute atomic E-state index is 12.0. The molecule has 0 unspecified atom stereocenters. The first-order valence-corrected chi connectivity index (χ1v) is 9.21. The molecule has 0 aliphatic heterocycles. The van der Waals surface area contributed by atoms with Crippen molar-refractivity contribution in [2.24, 2.45) is 5.10 Å². The van der Waals surface area contributed by atoms with Gasteiger partial charge in [-0.05, 0) is 29.8 Å². The highest BCUT2D eigenvalue weighted by atomic mass is 16.5. The molecule has 0 bridgehead atoms. The molecular weight excluding hydrogens is 366 g/mol. The van der Waals surface area contributed by atoms with Crippen LogP contribution in [0.15, 0.2) is 84.0 Å². The van der Waals surface area contributed by atoms with E-state index in [9.17, 15) is 4.79 Å². The first-order valence-electron chi connectivity index (χ1n) is 9.21. The zero-order valence-corrected chi connectivity index (χ0v) is 16.2. The summed E-state index contributed by atoms with van der Waals surface area (Å²) in [6, 6.07) is 24.9. The predicted molar refractivity (Wildman–Crippen MR) is 114 cm³/mol. The molecule has 0 spiro atoms. The minimum absolute atomic E-state index is 0.0733. The number of carbonyl (C=O) groups is 1. The Labute approximate surface area is 170 Å². The highest BCUT2D eigenvalue weighted by Crippen LogP contribution is 2.22. The van der Waals surface area contributed by atoms with Crippen molar-refractivity contribution in [3.63, 3.8) is 0 Å². The third-order valence-corrected chi connectivity index (χ3v) is 4.10. The molecule has 2 N–H and O–H groups in total. The number of hydrazone groups is 1. The second-order valence-electron chi connectivity index (χ2n) is 6.16. The summed E-state index contributed by atoms with van der Waals surface area (Å²) in [5, 5.41) is 7.06. The van der Waals surface area contributed by atoms with Crippen LogP contribution in [0.1, 0.15) is 11.1 Å². The lowest BCUT2D eigenvalue weighted by Crippen LogP contribution is -2.26. The summed E-state index contributed by atoms with van der Waals surface area (Å²) in [7, 11) is 1.59. The zero-order chi connectivity index (χ0) is 20.3. The van der Waals surface area contributed by atoms with Gasteiger partial charge in [0.05, 0.1) is 25.6 Å². The Morgan fingerprint density at radius 2 is 1.62 bits per heavy atom. The molecule has 0 radical (unpaired) electrons. The molecule has 0 aliphatic carbocycles. The molecule has 0 atom stereocenters. The number of amides is 1. The molecule has 3 aromatic rings. The monoisotopic (exact) mass is 389 g/mol. The average molecular weight is 389 g/mol. The fourth-order valence-corrected chi connectivity index (χ4v) is 2.63. The number of rotatable bonds is 9. The summed E-state index contributed by atoms with van der Waals surface area (Å²) >= 11 is 0. The van der Waals surface area contributed by atoms with Crippen molar-refractivity contribution in [1.82, 2.24) is 5.43 Å². The maximum atomic E-state index is 12.0. The molecule has 29 heavy (non-hydrogen) atoms. The lowest BCUT2D eigenvalue weighted by molar-refractivity contribution is -0.119. The minimum Gasteiger partial charge on any atom is -0.495 e. The Hall–Kier alpha value is -3.80. The predicted octanol–water partition coefficient (Wildman–Crippen LogP) is 3.84. The highest BCUT2D eigenvalue weighted by molar-refractivity contribution is 5.86. The van der Waals surface area contributed by atoms with E-state index in [2.05, 4.69) is 15.8 Å². The molecule has 0 heterocycles. The number of methoxy groups -OCH3 is 1. The molecule has 3 aromatic carbocycles. The maximum Gasteiger partial charge on any atom is 0.259 e. The van der Waals surface area contributed by atoms with E-state index in [1.54, 1.807) is 13.3 Å². The van der Waals surface area contributed by atoms with Gasteiger partial charge in [0.2, 0.25) is 0 Å². The number of nitrogens with zero attached hydrogens (tertiary/aromatic N) is 1. The number of hydrogen-bond donors (Lipinski definition) is 2. The lowest BCUT2D eigenvalue weighted by Gasteiger charge is -2.10. The number of nitrogens with one attached hydrogen (secondary N) is 2. The van der Waals surface area contributed by atoms with Gasteiger partial charge in [-0.25, -0.2) is 5.43 Å². The molecule has 0 aliphatic rings. The van der Waals surface area contributed by atoms with Gasteiger partial charge in [0.15, 0.2) is 0 Å². The van der Waals surface area contributed by atoms with E-state index in [0.717, 1.165) is 16.8 Å². The minimum atomic E-state index is -0.269. The van der Waals surface area contributed by atoms with Crippen LogP contribution in [0.3, 0.4) is 0 Å². The van der Waals surface area contributed by atoms with Gasteiger partial charge in [-0.3, -0.25) is 4.79 Å². The fourth-order valence-electron chi connectivity index (χ4n) is 2.63. The first kappa shape index (κ1) is 19.9. The van der Waals surface area contributed by atoms with Gasteiger partial charge in [0, 0.05) is 5.56 Å². The molecule has 6 nitrogen and oxygen atoms in total. The quantitative estimate of drug-likeness (QED) is 0.431. The Morgan fingerprint density at radius 1 is 0.931 bits per heavy atom. The van der Waals surface area contributed by atoms with Crippen LogP contribution in [0.2, 0.25) is 0 Å². The Kier molecular flexibility index (Phi) is 7.23. The van der Waals surface area contributed by atoms with E-state index in [0.29, 0.717) is 18.1 Å². The highest BCUT2D eigenvalue weighted by Gasteiger charge is 2.05. The topological polar surface area (TPSA) is 72.0 Å². The van der Waals surface area contributed by atoms with Crippen molar-refractivity contribution in [2.45, 2.75) is 6.61 Å². The Bertz CT molecular complexity index is 958. The summed E-state index contributed by atoms with van der Waals surface area (Å²) in [5.41, 5.74) is 5.11. The normalized spacial score (nSPS) is 10.5. The first-order chi connectivity index (χ1) is 14.3. The number of para-hydroxylation sites is 3. The van der Waals surface area contributed by atoms with Crippen LogP contribution in [-0.2, 0) is 11.4 Å². The summed E-state index contributed by atoms with van der Waals surface area (Å²) in [6.07, 6.45) is 1.57. The number of hydrogen-bond acceptors (Lipinski definition) is 5. The van der Waals surface area contributed by atoms with Crippen LogP contribution in [0.5, 0.6) is 11.5 Å². The second kappa shape index (κ2) is 10.5. The van der Waals surface area contributed by atoms with Crippen molar-refractivity contribution in [2.75, 3.05) is 19.0 Å².